The molecule has 2 aromatic rings. The van der Waals surface area contributed by atoms with Crippen LogP contribution in [0.5, 0.6) is 0 Å². The number of rotatable bonds is 6. The third kappa shape index (κ3) is 3.55. The van der Waals surface area contributed by atoms with E-state index in [0.29, 0.717) is 23.4 Å². The molecule has 7 nitrogen and oxygen atoms in total. The van der Waals surface area contributed by atoms with Crippen molar-refractivity contribution in [3.8, 4) is 0 Å². The average Bonchev–Trinajstić information content (AvgIpc) is 2.82. The highest BCUT2D eigenvalue weighted by Gasteiger charge is 2.17. The lowest BCUT2D eigenvalue weighted by molar-refractivity contribution is -0.384. The van der Waals surface area contributed by atoms with E-state index in [-0.39, 0.29) is 11.5 Å². The first kappa shape index (κ1) is 14.5. The monoisotopic (exact) mass is 313 g/mol. The first-order valence-corrected chi connectivity index (χ1v) is 7.03. The first-order valence-electron chi connectivity index (χ1n) is 5.83. The van der Waals surface area contributed by atoms with Gasteiger partial charge in [-0.1, -0.05) is 11.6 Å². The van der Waals surface area contributed by atoms with Crippen molar-refractivity contribution >= 4 is 40.4 Å². The van der Waals surface area contributed by atoms with Crippen LogP contribution in [0.2, 0.25) is 4.34 Å². The molecule has 106 valence electrons. The number of nitrogens with one attached hydrogen (secondary N) is 2. The molecule has 0 saturated heterocycles. The highest BCUT2D eigenvalue weighted by atomic mass is 35.5. The molecule has 2 N–H and O–H groups in total. The number of anilines is 2. The molecule has 0 bridgehead atoms. The van der Waals surface area contributed by atoms with Gasteiger partial charge in [0.1, 0.15) is 6.20 Å². The first-order chi connectivity index (χ1) is 9.60. The van der Waals surface area contributed by atoms with Gasteiger partial charge in [0, 0.05) is 11.4 Å². The molecule has 0 aliphatic rings. The maximum atomic E-state index is 11.0. The van der Waals surface area contributed by atoms with Crippen molar-refractivity contribution in [3.05, 3.63) is 37.7 Å². The van der Waals surface area contributed by atoms with Gasteiger partial charge in [-0.15, -0.1) is 11.3 Å². The fraction of sp³-hybridized carbons (Fsp3) is 0.273. The van der Waals surface area contributed by atoms with Crippen molar-refractivity contribution in [2.75, 3.05) is 17.2 Å². The zero-order chi connectivity index (χ0) is 14.5. The molecule has 20 heavy (non-hydrogen) atoms. The lowest BCUT2D eigenvalue weighted by Crippen LogP contribution is -2.08. The summed E-state index contributed by atoms with van der Waals surface area (Å²) in [6, 6.07) is 3.64. The third-order valence-corrected chi connectivity index (χ3v) is 3.59. The number of hydrogen-bond donors (Lipinski definition) is 2. The van der Waals surface area contributed by atoms with Gasteiger partial charge in [-0.25, -0.2) is 4.98 Å². The Morgan fingerprint density at radius 2 is 2.25 bits per heavy atom. The van der Waals surface area contributed by atoms with Crippen molar-refractivity contribution < 1.29 is 4.92 Å². The molecular formula is C11H12ClN5O2S. The molecule has 9 heteroatoms. The van der Waals surface area contributed by atoms with Gasteiger partial charge in [-0.2, -0.15) is 4.98 Å². The highest BCUT2D eigenvalue weighted by molar-refractivity contribution is 7.16. The Hall–Kier alpha value is -1.93. The summed E-state index contributed by atoms with van der Waals surface area (Å²) in [5.41, 5.74) is -0.158. The van der Waals surface area contributed by atoms with Gasteiger partial charge < -0.3 is 10.6 Å². The Kier molecular flexibility index (Phi) is 4.70. The lowest BCUT2D eigenvalue weighted by atomic mass is 10.4. The van der Waals surface area contributed by atoms with E-state index in [1.807, 2.05) is 13.0 Å². The van der Waals surface area contributed by atoms with Gasteiger partial charge >= 0.3 is 5.69 Å². The van der Waals surface area contributed by atoms with Crippen LogP contribution in [0.3, 0.4) is 0 Å². The predicted molar refractivity (Wildman–Crippen MR) is 79.5 cm³/mol. The third-order valence-electron chi connectivity index (χ3n) is 2.36. The fourth-order valence-corrected chi connectivity index (χ4v) is 2.53. The van der Waals surface area contributed by atoms with Crippen LogP contribution in [0.25, 0.3) is 0 Å². The zero-order valence-corrected chi connectivity index (χ0v) is 12.2. The molecule has 0 fully saturated rings. The second-order valence-corrected chi connectivity index (χ2v) is 5.57. The second kappa shape index (κ2) is 6.49. The van der Waals surface area contributed by atoms with Crippen LogP contribution in [0.1, 0.15) is 11.8 Å². The van der Waals surface area contributed by atoms with E-state index < -0.39 is 4.92 Å². The molecule has 0 unspecified atom stereocenters. The summed E-state index contributed by atoms with van der Waals surface area (Å²) in [6.45, 7) is 2.95. The molecule has 0 aliphatic carbocycles. The van der Waals surface area contributed by atoms with Crippen molar-refractivity contribution in [2.24, 2.45) is 0 Å². The van der Waals surface area contributed by atoms with Gasteiger partial charge in [-0.05, 0) is 19.1 Å². The Balaban J connectivity index is 2.18. The normalized spacial score (nSPS) is 10.3. The summed E-state index contributed by atoms with van der Waals surface area (Å²) in [5.74, 6) is 0.537. The molecule has 0 aromatic carbocycles. The number of aromatic nitrogens is 2. The molecule has 0 spiro atoms. The topological polar surface area (TPSA) is 93.0 Å². The predicted octanol–water partition coefficient (Wildman–Crippen LogP) is 3.14. The number of halogens is 1. The van der Waals surface area contributed by atoms with E-state index in [9.17, 15) is 10.1 Å². The number of thiophene rings is 1. The smallest absolute Gasteiger partial charge is 0.329 e. The SMILES string of the molecule is CCNc1ncc([N+](=O)[O-])c(NCc2ccc(Cl)s2)n1. The molecule has 2 heterocycles. The van der Waals surface area contributed by atoms with Crippen molar-refractivity contribution in [1.29, 1.82) is 0 Å². The molecule has 0 atom stereocenters. The van der Waals surface area contributed by atoms with Crippen molar-refractivity contribution in [2.45, 2.75) is 13.5 Å². The van der Waals surface area contributed by atoms with E-state index in [1.54, 1.807) is 6.07 Å². The lowest BCUT2D eigenvalue weighted by Gasteiger charge is -2.07. The molecule has 2 rings (SSSR count). The second-order valence-electron chi connectivity index (χ2n) is 3.77. The van der Waals surface area contributed by atoms with Gasteiger partial charge in [0.2, 0.25) is 11.8 Å². The van der Waals surface area contributed by atoms with Crippen LogP contribution >= 0.6 is 22.9 Å². The highest BCUT2D eigenvalue weighted by Crippen LogP contribution is 2.25. The van der Waals surface area contributed by atoms with Crippen LogP contribution in [0.15, 0.2) is 18.3 Å². The quantitative estimate of drug-likeness (QED) is 0.628. The minimum atomic E-state index is -0.514. The van der Waals surface area contributed by atoms with E-state index in [1.165, 1.54) is 17.5 Å². The van der Waals surface area contributed by atoms with Crippen LogP contribution in [-0.2, 0) is 6.54 Å². The fourth-order valence-electron chi connectivity index (χ4n) is 1.50. The van der Waals surface area contributed by atoms with Gasteiger partial charge in [0.25, 0.3) is 0 Å². The Morgan fingerprint density at radius 3 is 2.85 bits per heavy atom. The zero-order valence-electron chi connectivity index (χ0n) is 10.6. The van der Waals surface area contributed by atoms with Crippen LogP contribution in [-0.4, -0.2) is 21.4 Å². The van der Waals surface area contributed by atoms with Gasteiger partial charge in [0.05, 0.1) is 15.8 Å². The van der Waals surface area contributed by atoms with Gasteiger partial charge in [0.15, 0.2) is 0 Å². The van der Waals surface area contributed by atoms with Crippen LogP contribution in [0.4, 0.5) is 17.5 Å². The Morgan fingerprint density at radius 1 is 1.45 bits per heavy atom. The standard InChI is InChI=1S/C11H12ClN5O2S/c1-2-13-11-15-6-8(17(18)19)10(16-11)14-5-7-3-4-9(12)20-7/h3-4,6H,2,5H2,1H3,(H2,13,14,15,16). The van der Waals surface area contributed by atoms with Crippen LogP contribution < -0.4 is 10.6 Å². The average molecular weight is 314 g/mol. The van der Waals surface area contributed by atoms with Gasteiger partial charge in [-0.3, -0.25) is 10.1 Å². The number of nitro groups is 1. The summed E-state index contributed by atoms with van der Waals surface area (Å²) < 4.78 is 0.673. The molecule has 2 aromatic heterocycles. The number of nitrogens with zero attached hydrogens (tertiary/aromatic N) is 3. The van der Waals surface area contributed by atoms with E-state index >= 15 is 0 Å². The maximum absolute atomic E-state index is 11.0. The van der Waals surface area contributed by atoms with E-state index in [4.69, 9.17) is 11.6 Å². The summed E-state index contributed by atoms with van der Waals surface area (Å²) >= 11 is 7.25. The summed E-state index contributed by atoms with van der Waals surface area (Å²) in [5, 5.41) is 16.8. The van der Waals surface area contributed by atoms with E-state index in [0.717, 1.165) is 4.88 Å². The molecule has 0 amide bonds. The maximum Gasteiger partial charge on any atom is 0.329 e. The molecular weight excluding hydrogens is 302 g/mol. The van der Waals surface area contributed by atoms with Crippen molar-refractivity contribution in [1.82, 2.24) is 9.97 Å². The van der Waals surface area contributed by atoms with Crippen LogP contribution in [0, 0.1) is 10.1 Å². The summed E-state index contributed by atoms with van der Waals surface area (Å²) in [7, 11) is 0. The van der Waals surface area contributed by atoms with E-state index in [2.05, 4.69) is 20.6 Å². The van der Waals surface area contributed by atoms with Crippen molar-refractivity contribution in [3.63, 3.8) is 0 Å². The Labute approximate surface area is 124 Å². The minimum absolute atomic E-state index is 0.158. The Bertz CT molecular complexity index is 619. The molecule has 0 aliphatic heterocycles. The molecule has 0 saturated carbocycles. The summed E-state index contributed by atoms with van der Waals surface area (Å²) in [4.78, 5) is 19.4. The molecule has 0 radical (unpaired) electrons. The minimum Gasteiger partial charge on any atom is -0.359 e. The largest absolute Gasteiger partial charge is 0.359 e. The summed E-state index contributed by atoms with van der Waals surface area (Å²) in [6.07, 6.45) is 1.19. The number of hydrogen-bond acceptors (Lipinski definition) is 7.